The monoisotopic (exact) mass is 289 g/mol. The zero-order chi connectivity index (χ0) is 14.4. The van der Waals surface area contributed by atoms with E-state index in [1.165, 1.54) is 15.3 Å². The topological polar surface area (TPSA) is 21.3 Å². The molecule has 20 heavy (non-hydrogen) atoms. The van der Waals surface area contributed by atoms with E-state index in [4.69, 9.17) is 4.74 Å². The molecule has 0 bridgehead atoms. The Hall–Kier alpha value is -1.32. The summed E-state index contributed by atoms with van der Waals surface area (Å²) in [5, 5.41) is 3.17. The number of ether oxygens (including phenoxy) is 1. The minimum absolute atomic E-state index is 0.536. The molecule has 108 valence electrons. The number of benzene rings is 1. The molecule has 0 spiro atoms. The highest BCUT2D eigenvalue weighted by atomic mass is 32.1. The molecule has 1 aromatic carbocycles. The Bertz CT molecular complexity index is 535. The van der Waals surface area contributed by atoms with Crippen LogP contribution in [0.5, 0.6) is 5.75 Å². The normalized spacial score (nSPS) is 12.3. The summed E-state index contributed by atoms with van der Waals surface area (Å²) in [5.41, 5.74) is 1.31. The number of hydrogen-bond donors (Lipinski definition) is 1. The van der Waals surface area contributed by atoms with E-state index in [-0.39, 0.29) is 0 Å². The molecule has 0 saturated heterocycles. The standard InChI is InChI=1S/C17H23NOS/c1-4-13(2)16-7-5-6-8-17(16)19-12-15-10-9-14(20-15)11-18-3/h5-10,13,18H,4,11-12H2,1-3H3. The summed E-state index contributed by atoms with van der Waals surface area (Å²) >= 11 is 1.81. The van der Waals surface area contributed by atoms with Crippen LogP contribution < -0.4 is 10.1 Å². The van der Waals surface area contributed by atoms with Crippen LogP contribution in [-0.4, -0.2) is 7.05 Å². The Balaban J connectivity index is 2.02. The summed E-state index contributed by atoms with van der Waals surface area (Å²) in [6.07, 6.45) is 1.13. The molecule has 1 atom stereocenters. The van der Waals surface area contributed by atoms with Crippen molar-refractivity contribution >= 4 is 11.3 Å². The molecule has 2 nitrogen and oxygen atoms in total. The molecule has 0 aliphatic carbocycles. The van der Waals surface area contributed by atoms with E-state index in [0.717, 1.165) is 18.7 Å². The first kappa shape index (κ1) is 15.1. The lowest BCUT2D eigenvalue weighted by molar-refractivity contribution is 0.304. The second-order valence-electron chi connectivity index (χ2n) is 5.03. The van der Waals surface area contributed by atoms with Crippen molar-refractivity contribution in [2.75, 3.05) is 7.05 Å². The molecule has 1 unspecified atom stereocenters. The Labute approximate surface area is 125 Å². The Morgan fingerprint density at radius 2 is 1.90 bits per heavy atom. The van der Waals surface area contributed by atoms with Gasteiger partial charge in [0.25, 0.3) is 0 Å². The lowest BCUT2D eigenvalue weighted by atomic mass is 9.98. The van der Waals surface area contributed by atoms with Crippen LogP contribution in [0.15, 0.2) is 36.4 Å². The summed E-state index contributed by atoms with van der Waals surface area (Å²) < 4.78 is 6.03. The van der Waals surface area contributed by atoms with E-state index in [9.17, 15) is 0 Å². The third-order valence-corrected chi connectivity index (χ3v) is 4.56. The minimum atomic E-state index is 0.536. The van der Waals surface area contributed by atoms with Crippen LogP contribution in [0, 0.1) is 0 Å². The van der Waals surface area contributed by atoms with Gasteiger partial charge >= 0.3 is 0 Å². The van der Waals surface area contributed by atoms with Crippen LogP contribution in [0.1, 0.15) is 41.5 Å². The van der Waals surface area contributed by atoms with E-state index in [2.05, 4.69) is 49.5 Å². The minimum Gasteiger partial charge on any atom is -0.488 e. The molecule has 2 rings (SSSR count). The molecule has 0 fully saturated rings. The summed E-state index contributed by atoms with van der Waals surface area (Å²) in [7, 11) is 1.97. The van der Waals surface area contributed by atoms with Gasteiger partial charge in [-0.05, 0) is 43.1 Å². The molecule has 1 N–H and O–H groups in total. The number of thiophene rings is 1. The van der Waals surface area contributed by atoms with Crippen LogP contribution in [0.3, 0.4) is 0 Å². The van der Waals surface area contributed by atoms with E-state index in [1.54, 1.807) is 0 Å². The predicted octanol–water partition coefficient (Wildman–Crippen LogP) is 4.56. The highest BCUT2D eigenvalue weighted by Gasteiger charge is 2.10. The van der Waals surface area contributed by atoms with Crippen LogP contribution >= 0.6 is 11.3 Å². The highest BCUT2D eigenvalue weighted by Crippen LogP contribution is 2.29. The lowest BCUT2D eigenvalue weighted by Gasteiger charge is -2.15. The van der Waals surface area contributed by atoms with Crippen molar-refractivity contribution in [2.24, 2.45) is 0 Å². The average molecular weight is 289 g/mol. The van der Waals surface area contributed by atoms with Crippen LogP contribution in [0.4, 0.5) is 0 Å². The SMILES string of the molecule is CCC(C)c1ccccc1OCc1ccc(CNC)s1. The maximum absolute atomic E-state index is 6.03. The van der Waals surface area contributed by atoms with Gasteiger partial charge in [0.05, 0.1) is 0 Å². The third-order valence-electron chi connectivity index (χ3n) is 3.50. The van der Waals surface area contributed by atoms with Gasteiger partial charge in [-0.3, -0.25) is 0 Å². The average Bonchev–Trinajstić information content (AvgIpc) is 2.93. The summed E-state index contributed by atoms with van der Waals surface area (Å²) in [5.74, 6) is 1.56. The van der Waals surface area contributed by atoms with Crippen molar-refractivity contribution < 1.29 is 4.74 Å². The molecular formula is C17H23NOS. The van der Waals surface area contributed by atoms with Gasteiger partial charge in [0.2, 0.25) is 0 Å². The van der Waals surface area contributed by atoms with Gasteiger partial charge < -0.3 is 10.1 Å². The zero-order valence-electron chi connectivity index (χ0n) is 12.5. The lowest BCUT2D eigenvalue weighted by Crippen LogP contribution is -2.02. The fourth-order valence-corrected chi connectivity index (χ4v) is 3.10. The van der Waals surface area contributed by atoms with Crippen LogP contribution in [-0.2, 0) is 13.2 Å². The van der Waals surface area contributed by atoms with Crippen molar-refractivity contribution in [3.8, 4) is 5.75 Å². The van der Waals surface area contributed by atoms with Gasteiger partial charge in [0.15, 0.2) is 0 Å². The molecule has 2 aromatic rings. The number of nitrogens with one attached hydrogen (secondary N) is 1. The smallest absolute Gasteiger partial charge is 0.123 e. The largest absolute Gasteiger partial charge is 0.488 e. The third kappa shape index (κ3) is 3.84. The van der Waals surface area contributed by atoms with E-state index < -0.39 is 0 Å². The van der Waals surface area contributed by atoms with E-state index in [0.29, 0.717) is 12.5 Å². The highest BCUT2D eigenvalue weighted by molar-refractivity contribution is 7.11. The molecule has 0 aliphatic heterocycles. The fourth-order valence-electron chi connectivity index (χ4n) is 2.16. The van der Waals surface area contributed by atoms with Crippen LogP contribution in [0.2, 0.25) is 0 Å². The Morgan fingerprint density at radius 3 is 2.65 bits per heavy atom. The number of rotatable bonds is 7. The molecule has 0 saturated carbocycles. The first-order valence-electron chi connectivity index (χ1n) is 7.18. The first-order chi connectivity index (χ1) is 9.74. The molecule has 1 aromatic heterocycles. The second-order valence-corrected chi connectivity index (χ2v) is 6.29. The van der Waals surface area contributed by atoms with Gasteiger partial charge in [-0.1, -0.05) is 32.0 Å². The predicted molar refractivity (Wildman–Crippen MR) is 86.6 cm³/mol. The molecule has 0 radical (unpaired) electrons. The number of para-hydroxylation sites is 1. The summed E-state index contributed by atoms with van der Waals surface area (Å²) in [6, 6.07) is 12.7. The maximum Gasteiger partial charge on any atom is 0.123 e. The van der Waals surface area contributed by atoms with Gasteiger partial charge in [-0.2, -0.15) is 0 Å². The van der Waals surface area contributed by atoms with Crippen molar-refractivity contribution in [2.45, 2.75) is 39.3 Å². The fraction of sp³-hybridized carbons (Fsp3) is 0.412. The molecule has 3 heteroatoms. The van der Waals surface area contributed by atoms with Crippen molar-refractivity contribution in [1.82, 2.24) is 5.32 Å². The molecule has 0 amide bonds. The van der Waals surface area contributed by atoms with Crippen molar-refractivity contribution in [3.05, 3.63) is 51.7 Å². The summed E-state index contributed by atoms with van der Waals surface area (Å²) in [6.45, 7) is 6.04. The second kappa shape index (κ2) is 7.46. The summed E-state index contributed by atoms with van der Waals surface area (Å²) in [4.78, 5) is 2.62. The van der Waals surface area contributed by atoms with Crippen molar-refractivity contribution in [3.63, 3.8) is 0 Å². The van der Waals surface area contributed by atoms with Crippen molar-refractivity contribution in [1.29, 1.82) is 0 Å². The molecule has 0 aliphatic rings. The first-order valence-corrected chi connectivity index (χ1v) is 8.00. The van der Waals surface area contributed by atoms with Gasteiger partial charge in [0, 0.05) is 16.3 Å². The zero-order valence-corrected chi connectivity index (χ0v) is 13.3. The molecule has 1 heterocycles. The Morgan fingerprint density at radius 1 is 1.15 bits per heavy atom. The van der Waals surface area contributed by atoms with Gasteiger partial charge in [-0.15, -0.1) is 11.3 Å². The van der Waals surface area contributed by atoms with E-state index >= 15 is 0 Å². The van der Waals surface area contributed by atoms with Gasteiger partial charge in [0.1, 0.15) is 12.4 Å². The Kier molecular flexibility index (Phi) is 5.62. The maximum atomic E-state index is 6.03. The van der Waals surface area contributed by atoms with Crippen LogP contribution in [0.25, 0.3) is 0 Å². The molecular weight excluding hydrogens is 266 g/mol. The van der Waals surface area contributed by atoms with Gasteiger partial charge in [-0.25, -0.2) is 0 Å². The van der Waals surface area contributed by atoms with E-state index in [1.807, 2.05) is 24.5 Å². The quantitative estimate of drug-likeness (QED) is 0.806. The number of hydrogen-bond acceptors (Lipinski definition) is 3.